The minimum absolute atomic E-state index is 0.0403. The highest BCUT2D eigenvalue weighted by molar-refractivity contribution is 6.31. The van der Waals surface area contributed by atoms with Gasteiger partial charge >= 0.3 is 0 Å². The van der Waals surface area contributed by atoms with E-state index in [-0.39, 0.29) is 5.91 Å². The smallest absolute Gasteiger partial charge is 0.224 e. The van der Waals surface area contributed by atoms with Crippen molar-refractivity contribution >= 4 is 23.2 Å². The number of hydrogen-bond donors (Lipinski definition) is 1. The lowest BCUT2D eigenvalue weighted by molar-refractivity contribution is -0.116. The molecule has 3 nitrogen and oxygen atoms in total. The minimum Gasteiger partial charge on any atom is -0.495 e. The summed E-state index contributed by atoms with van der Waals surface area (Å²) in [4.78, 5) is 12.1. The van der Waals surface area contributed by atoms with Gasteiger partial charge in [-0.3, -0.25) is 4.79 Å². The highest BCUT2D eigenvalue weighted by Gasteiger charge is 2.10. The number of rotatable bonds is 5. The van der Waals surface area contributed by atoms with E-state index in [1.807, 2.05) is 38.1 Å². The standard InChI is InChI=1S/C18H20ClNO2/c1-12-5-4-6-14(9-12)7-8-18(21)20-16-10-13(2)15(19)11-17(16)22-3/h4-6,9-11H,7-8H2,1-3H3,(H,20,21). The molecule has 2 aromatic rings. The molecule has 0 aliphatic heterocycles. The van der Waals surface area contributed by atoms with Gasteiger partial charge in [0.05, 0.1) is 12.8 Å². The summed E-state index contributed by atoms with van der Waals surface area (Å²) < 4.78 is 5.26. The number of carbonyl (C=O) groups is 1. The van der Waals surface area contributed by atoms with Crippen LogP contribution in [0.1, 0.15) is 23.1 Å². The van der Waals surface area contributed by atoms with E-state index in [1.165, 1.54) is 5.56 Å². The molecule has 1 N–H and O–H groups in total. The number of carbonyl (C=O) groups excluding carboxylic acids is 1. The SMILES string of the molecule is COc1cc(Cl)c(C)cc1NC(=O)CCc1cccc(C)c1. The number of aryl methyl sites for hydroxylation is 3. The third-order valence-electron chi connectivity index (χ3n) is 3.48. The van der Waals surface area contributed by atoms with E-state index in [9.17, 15) is 4.79 Å². The van der Waals surface area contributed by atoms with E-state index in [4.69, 9.17) is 16.3 Å². The molecular weight excluding hydrogens is 298 g/mol. The first kappa shape index (κ1) is 16.4. The highest BCUT2D eigenvalue weighted by atomic mass is 35.5. The van der Waals surface area contributed by atoms with Crippen LogP contribution in [-0.4, -0.2) is 13.0 Å². The number of hydrogen-bond acceptors (Lipinski definition) is 2. The molecule has 0 aliphatic carbocycles. The van der Waals surface area contributed by atoms with E-state index in [0.717, 1.165) is 11.1 Å². The summed E-state index contributed by atoms with van der Waals surface area (Å²) in [6.07, 6.45) is 1.14. The van der Waals surface area contributed by atoms with E-state index >= 15 is 0 Å². The summed E-state index contributed by atoms with van der Waals surface area (Å²) >= 11 is 6.06. The van der Waals surface area contributed by atoms with Gasteiger partial charge in [0, 0.05) is 17.5 Å². The molecule has 2 rings (SSSR count). The Balaban J connectivity index is 2.01. The lowest BCUT2D eigenvalue weighted by Crippen LogP contribution is -2.13. The summed E-state index contributed by atoms with van der Waals surface area (Å²) in [6, 6.07) is 11.7. The molecule has 0 radical (unpaired) electrons. The van der Waals surface area contributed by atoms with Crippen LogP contribution in [0.3, 0.4) is 0 Å². The lowest BCUT2D eigenvalue weighted by atomic mass is 10.1. The topological polar surface area (TPSA) is 38.3 Å². The summed E-state index contributed by atoms with van der Waals surface area (Å²) in [5, 5.41) is 3.51. The Bertz CT molecular complexity index is 683. The van der Waals surface area contributed by atoms with Gasteiger partial charge in [0.15, 0.2) is 0 Å². The van der Waals surface area contributed by atoms with Crippen LogP contribution in [0.15, 0.2) is 36.4 Å². The highest BCUT2D eigenvalue weighted by Crippen LogP contribution is 2.31. The first-order valence-electron chi connectivity index (χ1n) is 7.19. The molecule has 0 unspecified atom stereocenters. The predicted molar refractivity (Wildman–Crippen MR) is 90.9 cm³/mol. The number of halogens is 1. The fourth-order valence-electron chi connectivity index (χ4n) is 2.27. The van der Waals surface area contributed by atoms with E-state index in [0.29, 0.717) is 29.3 Å². The van der Waals surface area contributed by atoms with Crippen LogP contribution in [0.4, 0.5) is 5.69 Å². The zero-order valence-corrected chi connectivity index (χ0v) is 13.8. The van der Waals surface area contributed by atoms with Crippen molar-refractivity contribution in [3.63, 3.8) is 0 Å². The largest absolute Gasteiger partial charge is 0.495 e. The van der Waals surface area contributed by atoms with Gasteiger partial charge in [-0.05, 0) is 37.5 Å². The molecule has 116 valence electrons. The Kier molecular flexibility index (Phi) is 5.45. The first-order chi connectivity index (χ1) is 10.5. The first-order valence-corrected chi connectivity index (χ1v) is 7.57. The fraction of sp³-hybridized carbons (Fsp3) is 0.278. The Labute approximate surface area is 136 Å². The van der Waals surface area contributed by atoms with Gasteiger partial charge in [0.25, 0.3) is 0 Å². The normalized spacial score (nSPS) is 10.4. The number of anilines is 1. The van der Waals surface area contributed by atoms with Crippen LogP contribution in [-0.2, 0) is 11.2 Å². The molecule has 0 saturated carbocycles. The maximum absolute atomic E-state index is 12.1. The average molecular weight is 318 g/mol. The summed E-state index contributed by atoms with van der Waals surface area (Å²) in [5.41, 5.74) is 3.91. The second-order valence-electron chi connectivity index (χ2n) is 5.34. The molecular formula is C18H20ClNO2. The van der Waals surface area contributed by atoms with Crippen LogP contribution < -0.4 is 10.1 Å². The van der Waals surface area contributed by atoms with Crippen LogP contribution in [0.25, 0.3) is 0 Å². The molecule has 1 amide bonds. The number of amides is 1. The Hall–Kier alpha value is -2.00. The summed E-state index contributed by atoms with van der Waals surface area (Å²) in [6.45, 7) is 3.94. The Morgan fingerprint density at radius 2 is 2.00 bits per heavy atom. The van der Waals surface area contributed by atoms with Crippen molar-refractivity contribution in [3.05, 3.63) is 58.1 Å². The van der Waals surface area contributed by atoms with Gasteiger partial charge in [-0.15, -0.1) is 0 Å². The second-order valence-corrected chi connectivity index (χ2v) is 5.75. The van der Waals surface area contributed by atoms with Crippen LogP contribution >= 0.6 is 11.6 Å². The molecule has 0 fully saturated rings. The molecule has 4 heteroatoms. The molecule has 0 aliphatic rings. The number of nitrogens with one attached hydrogen (secondary N) is 1. The van der Waals surface area contributed by atoms with Crippen molar-refractivity contribution in [2.75, 3.05) is 12.4 Å². The number of ether oxygens (including phenoxy) is 1. The quantitative estimate of drug-likeness (QED) is 0.879. The third kappa shape index (κ3) is 4.25. The Morgan fingerprint density at radius 1 is 1.23 bits per heavy atom. The molecule has 2 aromatic carbocycles. The van der Waals surface area contributed by atoms with Gasteiger partial charge in [0.1, 0.15) is 5.75 Å². The van der Waals surface area contributed by atoms with E-state index in [1.54, 1.807) is 13.2 Å². The zero-order valence-electron chi connectivity index (χ0n) is 13.1. The number of benzene rings is 2. The molecule has 22 heavy (non-hydrogen) atoms. The third-order valence-corrected chi connectivity index (χ3v) is 3.89. The molecule has 0 aromatic heterocycles. The summed E-state index contributed by atoms with van der Waals surface area (Å²) in [7, 11) is 1.56. The van der Waals surface area contributed by atoms with Gasteiger partial charge in [-0.2, -0.15) is 0 Å². The summed E-state index contributed by atoms with van der Waals surface area (Å²) in [5.74, 6) is 0.529. The molecule has 0 saturated heterocycles. The predicted octanol–water partition coefficient (Wildman–Crippen LogP) is 4.54. The van der Waals surface area contributed by atoms with Crippen LogP contribution in [0, 0.1) is 13.8 Å². The van der Waals surface area contributed by atoms with Crippen molar-refractivity contribution in [2.45, 2.75) is 26.7 Å². The van der Waals surface area contributed by atoms with Gasteiger partial charge in [0.2, 0.25) is 5.91 Å². The molecule has 0 atom stereocenters. The van der Waals surface area contributed by atoms with Crippen molar-refractivity contribution in [1.82, 2.24) is 0 Å². The molecule has 0 bridgehead atoms. The van der Waals surface area contributed by atoms with E-state index < -0.39 is 0 Å². The van der Waals surface area contributed by atoms with Gasteiger partial charge in [-0.25, -0.2) is 0 Å². The Morgan fingerprint density at radius 3 is 2.68 bits per heavy atom. The second kappa shape index (κ2) is 7.32. The monoisotopic (exact) mass is 317 g/mol. The van der Waals surface area contributed by atoms with Crippen LogP contribution in [0.5, 0.6) is 5.75 Å². The number of methoxy groups -OCH3 is 1. The van der Waals surface area contributed by atoms with Crippen molar-refractivity contribution in [2.24, 2.45) is 0 Å². The van der Waals surface area contributed by atoms with Gasteiger partial charge < -0.3 is 10.1 Å². The van der Waals surface area contributed by atoms with Crippen molar-refractivity contribution in [1.29, 1.82) is 0 Å². The fourth-order valence-corrected chi connectivity index (χ4v) is 2.42. The van der Waals surface area contributed by atoms with Crippen molar-refractivity contribution in [3.8, 4) is 5.75 Å². The van der Waals surface area contributed by atoms with Crippen LogP contribution in [0.2, 0.25) is 5.02 Å². The molecule has 0 heterocycles. The van der Waals surface area contributed by atoms with Crippen molar-refractivity contribution < 1.29 is 9.53 Å². The zero-order chi connectivity index (χ0) is 16.1. The van der Waals surface area contributed by atoms with E-state index in [2.05, 4.69) is 11.4 Å². The molecule has 0 spiro atoms. The van der Waals surface area contributed by atoms with Gasteiger partial charge in [-0.1, -0.05) is 41.4 Å². The maximum Gasteiger partial charge on any atom is 0.224 e. The maximum atomic E-state index is 12.1. The minimum atomic E-state index is -0.0403. The average Bonchev–Trinajstić information content (AvgIpc) is 2.49. The lowest BCUT2D eigenvalue weighted by Gasteiger charge is -2.12.